The van der Waals surface area contributed by atoms with Crippen molar-refractivity contribution in [3.8, 4) is 11.8 Å². The maximum Gasteiger partial charge on any atom is 0.119 e. The van der Waals surface area contributed by atoms with Gasteiger partial charge < -0.3 is 20.1 Å². The second-order valence-corrected chi connectivity index (χ2v) is 6.49. The molecule has 0 spiro atoms. The molecule has 2 aromatic carbocycles. The maximum atomic E-state index is 10.1. The molecule has 0 bridgehead atoms. The van der Waals surface area contributed by atoms with Gasteiger partial charge in [-0.3, -0.25) is 0 Å². The van der Waals surface area contributed by atoms with E-state index < -0.39 is 6.10 Å². The second-order valence-electron chi connectivity index (χ2n) is 6.49. The topological polar surface area (TPSA) is 68.5 Å². The van der Waals surface area contributed by atoms with Gasteiger partial charge in [-0.25, -0.2) is 0 Å². The molecule has 0 aliphatic heterocycles. The smallest absolute Gasteiger partial charge is 0.119 e. The molecule has 138 valence electrons. The van der Waals surface area contributed by atoms with E-state index in [-0.39, 0.29) is 12.6 Å². The van der Waals surface area contributed by atoms with Crippen LogP contribution in [0.25, 0.3) is 0 Å². The SMILES string of the molecule is CN(C)[C@@H](CNC[C@@H](O)COc1ccc(CC#N)cc1)c1ccccc1. The van der Waals surface area contributed by atoms with Crippen molar-refractivity contribution >= 4 is 0 Å². The molecular weight excluding hydrogens is 326 g/mol. The number of rotatable bonds is 10. The first-order valence-electron chi connectivity index (χ1n) is 8.79. The summed E-state index contributed by atoms with van der Waals surface area (Å²) >= 11 is 0. The summed E-state index contributed by atoms with van der Waals surface area (Å²) in [5, 5.41) is 22.1. The molecule has 0 heterocycles. The monoisotopic (exact) mass is 353 g/mol. The fourth-order valence-electron chi connectivity index (χ4n) is 2.71. The Bertz CT molecular complexity index is 681. The highest BCUT2D eigenvalue weighted by Crippen LogP contribution is 2.16. The van der Waals surface area contributed by atoms with Gasteiger partial charge in [0.1, 0.15) is 18.5 Å². The molecule has 0 aliphatic rings. The van der Waals surface area contributed by atoms with Crippen molar-refractivity contribution in [2.24, 2.45) is 0 Å². The van der Waals surface area contributed by atoms with Crippen LogP contribution in [0.1, 0.15) is 17.2 Å². The summed E-state index contributed by atoms with van der Waals surface area (Å²) in [6, 6.07) is 20.1. The first-order valence-corrected chi connectivity index (χ1v) is 8.79. The summed E-state index contributed by atoms with van der Waals surface area (Å²) in [4.78, 5) is 2.16. The summed E-state index contributed by atoms with van der Waals surface area (Å²) in [6.07, 6.45) is -0.200. The standard InChI is InChI=1S/C21H27N3O2/c1-24(2)21(18-6-4-3-5-7-18)15-23-14-19(25)16-26-20-10-8-17(9-11-20)12-13-22/h3-11,19,21,23,25H,12,14-16H2,1-2H3/t19-,21+/m1/s1. The summed E-state index contributed by atoms with van der Waals surface area (Å²) in [5.74, 6) is 0.696. The number of nitrogens with zero attached hydrogens (tertiary/aromatic N) is 2. The first-order chi connectivity index (χ1) is 12.6. The largest absolute Gasteiger partial charge is 0.491 e. The summed E-state index contributed by atoms with van der Waals surface area (Å²) in [5.41, 5.74) is 2.20. The summed E-state index contributed by atoms with van der Waals surface area (Å²) in [6.45, 7) is 1.43. The Morgan fingerprint density at radius 1 is 1.08 bits per heavy atom. The molecule has 2 aromatic rings. The number of aliphatic hydroxyl groups excluding tert-OH is 1. The lowest BCUT2D eigenvalue weighted by Gasteiger charge is -2.25. The van der Waals surface area contributed by atoms with Gasteiger partial charge in [0.05, 0.1) is 12.5 Å². The lowest BCUT2D eigenvalue weighted by molar-refractivity contribution is 0.104. The van der Waals surface area contributed by atoms with Gasteiger partial charge in [0.25, 0.3) is 0 Å². The van der Waals surface area contributed by atoms with Crippen molar-refractivity contribution in [3.05, 3.63) is 65.7 Å². The molecule has 5 heteroatoms. The first kappa shape index (κ1) is 19.9. The number of nitriles is 1. The maximum absolute atomic E-state index is 10.1. The Morgan fingerprint density at radius 2 is 1.77 bits per heavy atom. The highest BCUT2D eigenvalue weighted by atomic mass is 16.5. The molecule has 2 N–H and O–H groups in total. The highest BCUT2D eigenvalue weighted by molar-refractivity contribution is 5.28. The van der Waals surface area contributed by atoms with E-state index in [4.69, 9.17) is 10.00 Å². The summed E-state index contributed by atoms with van der Waals surface area (Å²) < 4.78 is 5.61. The van der Waals surface area contributed by atoms with Crippen LogP contribution in [0, 0.1) is 11.3 Å². The van der Waals surface area contributed by atoms with Gasteiger partial charge in [-0.05, 0) is 37.4 Å². The van der Waals surface area contributed by atoms with Crippen molar-refractivity contribution in [1.29, 1.82) is 5.26 Å². The molecule has 0 radical (unpaired) electrons. The molecule has 0 fully saturated rings. The molecule has 0 saturated carbocycles. The van der Waals surface area contributed by atoms with Crippen molar-refractivity contribution in [2.45, 2.75) is 18.6 Å². The van der Waals surface area contributed by atoms with Crippen LogP contribution in [-0.4, -0.2) is 49.9 Å². The Kier molecular flexibility index (Phi) is 8.10. The molecule has 2 atom stereocenters. The zero-order valence-corrected chi connectivity index (χ0v) is 15.4. The van der Waals surface area contributed by atoms with Gasteiger partial charge in [-0.15, -0.1) is 0 Å². The Labute approximate surface area is 155 Å². The minimum Gasteiger partial charge on any atom is -0.491 e. The van der Waals surface area contributed by atoms with Crippen LogP contribution in [-0.2, 0) is 6.42 Å². The van der Waals surface area contributed by atoms with E-state index in [0.717, 1.165) is 12.1 Å². The van der Waals surface area contributed by atoms with E-state index in [1.807, 2.05) is 42.5 Å². The molecule has 0 aliphatic carbocycles. The van der Waals surface area contributed by atoms with Crippen molar-refractivity contribution < 1.29 is 9.84 Å². The van der Waals surface area contributed by atoms with Crippen LogP contribution in [0.2, 0.25) is 0 Å². The molecule has 5 nitrogen and oxygen atoms in total. The molecule has 26 heavy (non-hydrogen) atoms. The molecule has 0 unspecified atom stereocenters. The number of likely N-dealkylation sites (N-methyl/N-ethyl adjacent to an activating group) is 1. The van der Waals surface area contributed by atoms with Crippen LogP contribution in [0.3, 0.4) is 0 Å². The third-order valence-electron chi connectivity index (χ3n) is 4.17. The minimum atomic E-state index is -0.590. The normalized spacial score (nSPS) is 13.2. The zero-order valence-electron chi connectivity index (χ0n) is 15.4. The predicted molar refractivity (Wildman–Crippen MR) is 103 cm³/mol. The van der Waals surface area contributed by atoms with E-state index in [1.54, 1.807) is 0 Å². The lowest BCUT2D eigenvalue weighted by atomic mass is 10.1. The van der Waals surface area contributed by atoms with Gasteiger partial charge in [0.15, 0.2) is 0 Å². The molecule has 0 aromatic heterocycles. The van der Waals surface area contributed by atoms with Gasteiger partial charge in [-0.2, -0.15) is 5.26 Å². The van der Waals surface area contributed by atoms with Gasteiger partial charge >= 0.3 is 0 Å². The fraction of sp³-hybridized carbons (Fsp3) is 0.381. The second kappa shape index (κ2) is 10.6. The highest BCUT2D eigenvalue weighted by Gasteiger charge is 2.14. The van der Waals surface area contributed by atoms with Gasteiger partial charge in [-0.1, -0.05) is 42.5 Å². The molecule has 0 amide bonds. The molecule has 0 saturated heterocycles. The van der Waals surface area contributed by atoms with E-state index in [9.17, 15) is 5.11 Å². The predicted octanol–water partition coefficient (Wildman–Crippen LogP) is 2.38. The minimum absolute atomic E-state index is 0.225. The third kappa shape index (κ3) is 6.49. The average molecular weight is 353 g/mol. The molecule has 2 rings (SSSR count). The van der Waals surface area contributed by atoms with E-state index in [0.29, 0.717) is 18.7 Å². The van der Waals surface area contributed by atoms with Crippen molar-refractivity contribution in [1.82, 2.24) is 10.2 Å². The summed E-state index contributed by atoms with van der Waals surface area (Å²) in [7, 11) is 4.10. The Hall–Kier alpha value is -2.39. The van der Waals surface area contributed by atoms with Crippen LogP contribution in [0.4, 0.5) is 0 Å². The number of ether oxygens (including phenoxy) is 1. The zero-order chi connectivity index (χ0) is 18.8. The van der Waals surface area contributed by atoms with Gasteiger partial charge in [0.2, 0.25) is 0 Å². The Morgan fingerprint density at radius 3 is 2.38 bits per heavy atom. The number of benzene rings is 2. The van der Waals surface area contributed by atoms with Crippen LogP contribution >= 0.6 is 0 Å². The van der Waals surface area contributed by atoms with Crippen molar-refractivity contribution in [2.75, 3.05) is 33.8 Å². The Balaban J connectivity index is 1.74. The van der Waals surface area contributed by atoms with E-state index >= 15 is 0 Å². The number of aliphatic hydroxyl groups is 1. The van der Waals surface area contributed by atoms with E-state index in [2.05, 4.69) is 42.5 Å². The van der Waals surface area contributed by atoms with Gasteiger partial charge in [0, 0.05) is 19.1 Å². The van der Waals surface area contributed by atoms with Crippen LogP contribution in [0.5, 0.6) is 5.75 Å². The number of hydrogen-bond donors (Lipinski definition) is 2. The third-order valence-corrected chi connectivity index (χ3v) is 4.17. The van der Waals surface area contributed by atoms with Crippen LogP contribution < -0.4 is 10.1 Å². The van der Waals surface area contributed by atoms with Crippen molar-refractivity contribution in [3.63, 3.8) is 0 Å². The molecular formula is C21H27N3O2. The number of nitrogens with one attached hydrogen (secondary N) is 1. The fourth-order valence-corrected chi connectivity index (χ4v) is 2.71. The van der Waals surface area contributed by atoms with Crippen LogP contribution in [0.15, 0.2) is 54.6 Å². The van der Waals surface area contributed by atoms with E-state index in [1.165, 1.54) is 5.56 Å². The number of hydrogen-bond acceptors (Lipinski definition) is 5. The average Bonchev–Trinajstić information content (AvgIpc) is 2.65. The lowest BCUT2D eigenvalue weighted by Crippen LogP contribution is -2.37. The quantitative estimate of drug-likeness (QED) is 0.686.